The van der Waals surface area contributed by atoms with Gasteiger partial charge in [-0.1, -0.05) is 12.1 Å². The van der Waals surface area contributed by atoms with Gasteiger partial charge in [-0.25, -0.2) is 9.78 Å². The van der Waals surface area contributed by atoms with Crippen LogP contribution in [0.3, 0.4) is 0 Å². The van der Waals surface area contributed by atoms with Crippen LogP contribution in [-0.2, 0) is 4.79 Å². The highest BCUT2D eigenvalue weighted by atomic mass is 16.2. The van der Waals surface area contributed by atoms with E-state index < -0.39 is 0 Å². The number of anilines is 4. The molecule has 0 spiro atoms. The third kappa shape index (κ3) is 5.55. The van der Waals surface area contributed by atoms with Crippen LogP contribution in [0.5, 0.6) is 0 Å². The Hall–Kier alpha value is -4.40. The van der Waals surface area contributed by atoms with Crippen LogP contribution in [-0.4, -0.2) is 60.5 Å². The van der Waals surface area contributed by atoms with E-state index in [2.05, 4.69) is 30.8 Å². The number of aromatic nitrogens is 2. The van der Waals surface area contributed by atoms with Crippen LogP contribution < -0.4 is 20.9 Å². The summed E-state index contributed by atoms with van der Waals surface area (Å²) in [6.45, 7) is 2.55. The molecular formula is C28H31N7O2. The zero-order valence-electron chi connectivity index (χ0n) is 21.1. The van der Waals surface area contributed by atoms with Crippen molar-refractivity contribution in [3.8, 4) is 11.1 Å². The molecule has 1 aromatic carbocycles. The standard InChI is InChI=1S/C28H31N7O2/c1-34(2)28(37)33-22-14-20(17-29-18-22)19-6-7-25-24(15-19)23(9-11-30-25)27(36)32-21-8-10-31-26(16-21)35-12-4-3-5-13-35/h6-10,14-18,30H,3-5,11-13H2,1-2H3,(H,33,37)(H,31,32,36). The highest BCUT2D eigenvalue weighted by Crippen LogP contribution is 2.33. The van der Waals surface area contributed by atoms with Crippen LogP contribution in [0.4, 0.5) is 27.7 Å². The van der Waals surface area contributed by atoms with Crippen molar-refractivity contribution in [2.24, 2.45) is 0 Å². The molecule has 1 fully saturated rings. The average molecular weight is 498 g/mol. The van der Waals surface area contributed by atoms with Crippen LogP contribution >= 0.6 is 0 Å². The molecule has 5 rings (SSSR count). The van der Waals surface area contributed by atoms with Crippen molar-refractivity contribution in [3.63, 3.8) is 0 Å². The van der Waals surface area contributed by atoms with Crippen molar-refractivity contribution in [1.82, 2.24) is 14.9 Å². The summed E-state index contributed by atoms with van der Waals surface area (Å²) in [6, 6.07) is 11.3. The molecule has 0 radical (unpaired) electrons. The number of urea groups is 1. The second-order valence-electron chi connectivity index (χ2n) is 9.45. The fraction of sp³-hybridized carbons (Fsp3) is 0.286. The molecule has 0 aliphatic carbocycles. The smallest absolute Gasteiger partial charge is 0.321 e. The summed E-state index contributed by atoms with van der Waals surface area (Å²) in [7, 11) is 3.37. The van der Waals surface area contributed by atoms with Gasteiger partial charge in [0.05, 0.1) is 11.9 Å². The van der Waals surface area contributed by atoms with Gasteiger partial charge in [0.1, 0.15) is 5.82 Å². The Morgan fingerprint density at radius 1 is 0.946 bits per heavy atom. The van der Waals surface area contributed by atoms with E-state index in [9.17, 15) is 9.59 Å². The topological polar surface area (TPSA) is 102 Å². The number of nitrogens with zero attached hydrogens (tertiary/aromatic N) is 4. The number of pyridine rings is 2. The molecule has 2 aliphatic heterocycles. The quantitative estimate of drug-likeness (QED) is 0.473. The molecule has 2 aliphatic rings. The number of rotatable bonds is 5. The molecule has 0 unspecified atom stereocenters. The number of hydrogen-bond donors (Lipinski definition) is 3. The predicted octanol–water partition coefficient (Wildman–Crippen LogP) is 4.68. The van der Waals surface area contributed by atoms with Gasteiger partial charge in [-0.3, -0.25) is 9.78 Å². The fourth-order valence-electron chi connectivity index (χ4n) is 4.58. The van der Waals surface area contributed by atoms with E-state index in [4.69, 9.17) is 0 Å². The van der Waals surface area contributed by atoms with Crippen molar-refractivity contribution >= 4 is 40.4 Å². The van der Waals surface area contributed by atoms with Gasteiger partial charge in [-0.15, -0.1) is 0 Å². The summed E-state index contributed by atoms with van der Waals surface area (Å²) in [5.74, 6) is 0.731. The largest absolute Gasteiger partial charge is 0.381 e. The molecule has 4 heterocycles. The van der Waals surface area contributed by atoms with Crippen molar-refractivity contribution in [2.75, 3.05) is 54.6 Å². The molecule has 1 saturated heterocycles. The Morgan fingerprint density at radius 2 is 1.78 bits per heavy atom. The summed E-state index contributed by atoms with van der Waals surface area (Å²) >= 11 is 0. The highest BCUT2D eigenvalue weighted by Gasteiger charge is 2.21. The molecule has 3 N–H and O–H groups in total. The van der Waals surface area contributed by atoms with Crippen LogP contribution in [0, 0.1) is 0 Å². The minimum atomic E-state index is -0.227. The lowest BCUT2D eigenvalue weighted by molar-refractivity contribution is -0.111. The predicted molar refractivity (Wildman–Crippen MR) is 148 cm³/mol. The highest BCUT2D eigenvalue weighted by molar-refractivity contribution is 6.27. The molecule has 37 heavy (non-hydrogen) atoms. The van der Waals surface area contributed by atoms with Gasteiger partial charge < -0.3 is 25.8 Å². The van der Waals surface area contributed by atoms with E-state index in [1.165, 1.54) is 11.3 Å². The Labute approximate surface area is 216 Å². The van der Waals surface area contributed by atoms with E-state index in [1.54, 1.807) is 32.7 Å². The Kier molecular flexibility index (Phi) is 7.02. The first-order valence-electron chi connectivity index (χ1n) is 12.5. The monoisotopic (exact) mass is 497 g/mol. The minimum Gasteiger partial charge on any atom is -0.381 e. The third-order valence-electron chi connectivity index (χ3n) is 6.57. The Bertz CT molecular complexity index is 1350. The minimum absolute atomic E-state index is 0.166. The Balaban J connectivity index is 1.37. The van der Waals surface area contributed by atoms with Gasteiger partial charge in [-0.05, 0) is 49.1 Å². The van der Waals surface area contributed by atoms with Gasteiger partial charge in [0, 0.05) is 80.3 Å². The van der Waals surface area contributed by atoms with Crippen LogP contribution in [0.2, 0.25) is 0 Å². The normalized spacial score (nSPS) is 14.6. The van der Waals surface area contributed by atoms with Gasteiger partial charge >= 0.3 is 6.03 Å². The number of hydrogen-bond acceptors (Lipinski definition) is 6. The molecule has 2 aromatic heterocycles. The lowest BCUT2D eigenvalue weighted by Crippen LogP contribution is -2.30. The summed E-state index contributed by atoms with van der Waals surface area (Å²) in [5, 5.41) is 9.23. The maximum absolute atomic E-state index is 13.4. The van der Waals surface area contributed by atoms with Crippen molar-refractivity contribution in [1.29, 1.82) is 0 Å². The van der Waals surface area contributed by atoms with Gasteiger partial charge in [-0.2, -0.15) is 0 Å². The van der Waals surface area contributed by atoms with E-state index >= 15 is 0 Å². The van der Waals surface area contributed by atoms with E-state index in [0.29, 0.717) is 17.8 Å². The average Bonchev–Trinajstić information content (AvgIpc) is 2.93. The number of nitrogens with one attached hydrogen (secondary N) is 3. The van der Waals surface area contributed by atoms with Gasteiger partial charge in [0.15, 0.2) is 0 Å². The maximum Gasteiger partial charge on any atom is 0.321 e. The molecule has 190 valence electrons. The van der Waals surface area contributed by atoms with E-state index in [0.717, 1.165) is 59.8 Å². The molecular weight excluding hydrogens is 466 g/mol. The molecule has 9 nitrogen and oxygen atoms in total. The van der Waals surface area contributed by atoms with E-state index in [1.807, 2.05) is 42.5 Å². The van der Waals surface area contributed by atoms with Crippen LogP contribution in [0.1, 0.15) is 24.8 Å². The second kappa shape index (κ2) is 10.7. The maximum atomic E-state index is 13.4. The second-order valence-corrected chi connectivity index (χ2v) is 9.45. The molecule has 3 aromatic rings. The lowest BCUT2D eigenvalue weighted by atomic mass is 9.95. The first kappa shape index (κ1) is 24.3. The Morgan fingerprint density at radius 3 is 2.59 bits per heavy atom. The zero-order valence-corrected chi connectivity index (χ0v) is 21.1. The SMILES string of the molecule is CN(C)C(=O)Nc1cncc(-c2ccc3c(c2)C(C(=O)Nc2ccnc(N4CCCCC4)c2)=CCN3)c1. The van der Waals surface area contributed by atoms with Crippen molar-refractivity contribution in [2.45, 2.75) is 19.3 Å². The molecule has 0 saturated carbocycles. The zero-order chi connectivity index (χ0) is 25.8. The van der Waals surface area contributed by atoms with Crippen LogP contribution in [0.15, 0.2) is 61.1 Å². The number of carbonyl (C=O) groups is 2. The summed E-state index contributed by atoms with van der Waals surface area (Å²) in [5.41, 5.74) is 5.38. The van der Waals surface area contributed by atoms with Crippen LogP contribution in [0.25, 0.3) is 16.7 Å². The lowest BCUT2D eigenvalue weighted by Gasteiger charge is -2.28. The fourth-order valence-corrected chi connectivity index (χ4v) is 4.58. The number of benzene rings is 1. The first-order chi connectivity index (χ1) is 18.0. The number of piperidine rings is 1. The van der Waals surface area contributed by atoms with E-state index in [-0.39, 0.29) is 11.9 Å². The number of carbonyl (C=O) groups excluding carboxylic acids is 2. The molecule has 0 atom stereocenters. The summed E-state index contributed by atoms with van der Waals surface area (Å²) < 4.78 is 0. The third-order valence-corrected chi connectivity index (χ3v) is 6.57. The molecule has 9 heteroatoms. The summed E-state index contributed by atoms with van der Waals surface area (Å²) in [4.78, 5) is 38.0. The first-order valence-corrected chi connectivity index (χ1v) is 12.5. The number of amides is 3. The van der Waals surface area contributed by atoms with Crippen molar-refractivity contribution in [3.05, 3.63) is 66.6 Å². The molecule has 3 amide bonds. The van der Waals surface area contributed by atoms with Gasteiger partial charge in [0.2, 0.25) is 0 Å². The summed E-state index contributed by atoms with van der Waals surface area (Å²) in [6.07, 6.45) is 10.6. The van der Waals surface area contributed by atoms with Crippen molar-refractivity contribution < 1.29 is 9.59 Å². The number of fused-ring (bicyclic) bond motifs is 1. The molecule has 0 bridgehead atoms. The van der Waals surface area contributed by atoms with Gasteiger partial charge in [0.25, 0.3) is 5.91 Å².